The van der Waals surface area contributed by atoms with Crippen LogP contribution in [0.15, 0.2) is 24.3 Å². The molecule has 3 N–H and O–H groups in total. The molecule has 114 valence electrons. The molecule has 5 nitrogen and oxygen atoms in total. The van der Waals surface area contributed by atoms with E-state index >= 15 is 0 Å². The summed E-state index contributed by atoms with van der Waals surface area (Å²) in [5.74, 6) is -1.05. The molecule has 2 amide bonds. The standard InChI is InChI=1S/C15H20N2O3S/c1-21-15(8-4-5-9-15)10-16-14(20)17-12-7-3-2-6-11(12)13(18)19/h2-3,6-7H,4-5,8-10H2,1H3,(H,18,19)(H2,16,17,20). The predicted molar refractivity (Wildman–Crippen MR) is 85.1 cm³/mol. The smallest absolute Gasteiger partial charge is 0.337 e. The van der Waals surface area contributed by atoms with Gasteiger partial charge in [-0.05, 0) is 31.2 Å². The number of urea groups is 1. The second-order valence-electron chi connectivity index (χ2n) is 5.25. The number of anilines is 1. The first-order chi connectivity index (χ1) is 10.1. The van der Waals surface area contributed by atoms with Crippen LogP contribution in [0.4, 0.5) is 10.5 Å². The number of hydrogen-bond acceptors (Lipinski definition) is 3. The maximum atomic E-state index is 12.0. The van der Waals surface area contributed by atoms with E-state index in [-0.39, 0.29) is 16.3 Å². The molecule has 1 aromatic rings. The molecule has 1 aliphatic rings. The van der Waals surface area contributed by atoms with Gasteiger partial charge in [-0.15, -0.1) is 0 Å². The minimum Gasteiger partial charge on any atom is -0.478 e. The van der Waals surface area contributed by atoms with E-state index < -0.39 is 5.97 Å². The van der Waals surface area contributed by atoms with Crippen LogP contribution in [0.5, 0.6) is 0 Å². The molecule has 1 aliphatic carbocycles. The van der Waals surface area contributed by atoms with E-state index in [0.29, 0.717) is 12.2 Å². The Hall–Kier alpha value is -1.69. The number of rotatable bonds is 5. The van der Waals surface area contributed by atoms with Gasteiger partial charge in [0.1, 0.15) is 0 Å². The highest BCUT2D eigenvalue weighted by atomic mass is 32.2. The summed E-state index contributed by atoms with van der Waals surface area (Å²) in [5, 5.41) is 14.6. The summed E-state index contributed by atoms with van der Waals surface area (Å²) in [6.45, 7) is 0.606. The highest BCUT2D eigenvalue weighted by Crippen LogP contribution is 2.39. The average molecular weight is 308 g/mol. The van der Waals surface area contributed by atoms with E-state index in [9.17, 15) is 9.59 Å². The van der Waals surface area contributed by atoms with Gasteiger partial charge in [0.2, 0.25) is 0 Å². The number of carbonyl (C=O) groups is 2. The van der Waals surface area contributed by atoms with E-state index in [0.717, 1.165) is 12.8 Å². The number of carbonyl (C=O) groups excluding carboxylic acids is 1. The summed E-state index contributed by atoms with van der Waals surface area (Å²) in [6, 6.07) is 6.03. The second kappa shape index (κ2) is 6.85. The molecule has 0 unspecified atom stereocenters. The van der Waals surface area contributed by atoms with Crippen LogP contribution < -0.4 is 10.6 Å². The summed E-state index contributed by atoms with van der Waals surface area (Å²) in [5.41, 5.74) is 0.403. The Morgan fingerprint density at radius 3 is 2.57 bits per heavy atom. The van der Waals surface area contributed by atoms with Crippen molar-refractivity contribution in [2.75, 3.05) is 18.1 Å². The highest BCUT2D eigenvalue weighted by molar-refractivity contribution is 8.00. The van der Waals surface area contributed by atoms with E-state index in [2.05, 4.69) is 16.9 Å². The van der Waals surface area contributed by atoms with Crippen LogP contribution in [0, 0.1) is 0 Å². The Bertz CT molecular complexity index is 527. The average Bonchev–Trinajstić information content (AvgIpc) is 2.95. The first-order valence-electron chi connectivity index (χ1n) is 6.99. The minimum atomic E-state index is -1.05. The number of thioether (sulfide) groups is 1. The van der Waals surface area contributed by atoms with Gasteiger partial charge >= 0.3 is 12.0 Å². The zero-order chi connectivity index (χ0) is 15.3. The van der Waals surface area contributed by atoms with Gasteiger partial charge in [-0.25, -0.2) is 9.59 Å². The van der Waals surface area contributed by atoms with Crippen LogP contribution in [0.3, 0.4) is 0 Å². The Morgan fingerprint density at radius 1 is 1.29 bits per heavy atom. The first-order valence-corrected chi connectivity index (χ1v) is 8.21. The van der Waals surface area contributed by atoms with Gasteiger partial charge in [0.15, 0.2) is 0 Å². The number of hydrogen-bond donors (Lipinski definition) is 3. The van der Waals surface area contributed by atoms with E-state index in [1.165, 1.54) is 18.9 Å². The molecule has 0 atom stereocenters. The van der Waals surface area contributed by atoms with Crippen molar-refractivity contribution >= 4 is 29.4 Å². The van der Waals surface area contributed by atoms with Crippen molar-refractivity contribution in [2.45, 2.75) is 30.4 Å². The molecule has 6 heteroatoms. The van der Waals surface area contributed by atoms with Crippen molar-refractivity contribution in [3.8, 4) is 0 Å². The van der Waals surface area contributed by atoms with Crippen LogP contribution in [0.1, 0.15) is 36.0 Å². The SMILES string of the molecule is CSC1(CNC(=O)Nc2ccccc2C(=O)O)CCCC1. The third-order valence-electron chi connectivity index (χ3n) is 3.92. The molecule has 2 rings (SSSR count). The Kier molecular flexibility index (Phi) is 5.12. The fourth-order valence-corrected chi connectivity index (χ4v) is 3.57. The lowest BCUT2D eigenvalue weighted by Crippen LogP contribution is -2.40. The normalized spacial score (nSPS) is 16.4. The number of amides is 2. The predicted octanol–water partition coefficient (Wildman–Crippen LogP) is 3.18. The fraction of sp³-hybridized carbons (Fsp3) is 0.467. The van der Waals surface area contributed by atoms with Crippen molar-refractivity contribution in [1.82, 2.24) is 5.32 Å². The Balaban J connectivity index is 1.95. The molecule has 21 heavy (non-hydrogen) atoms. The molecule has 1 saturated carbocycles. The molecule has 0 heterocycles. The third kappa shape index (κ3) is 3.91. The van der Waals surface area contributed by atoms with E-state index in [1.54, 1.807) is 30.0 Å². The quantitative estimate of drug-likeness (QED) is 0.780. The largest absolute Gasteiger partial charge is 0.478 e. The zero-order valence-corrected chi connectivity index (χ0v) is 12.8. The lowest BCUT2D eigenvalue weighted by Gasteiger charge is -2.27. The van der Waals surface area contributed by atoms with Gasteiger partial charge in [0, 0.05) is 11.3 Å². The number of carboxylic acid groups (broad SMARTS) is 1. The molecule has 1 aromatic carbocycles. The van der Waals surface area contributed by atoms with Crippen LogP contribution in [-0.2, 0) is 0 Å². The second-order valence-corrected chi connectivity index (χ2v) is 6.53. The Morgan fingerprint density at radius 2 is 1.95 bits per heavy atom. The van der Waals surface area contributed by atoms with Crippen molar-refractivity contribution < 1.29 is 14.7 Å². The topological polar surface area (TPSA) is 78.4 Å². The number of para-hydroxylation sites is 1. The molecule has 1 fully saturated rings. The highest BCUT2D eigenvalue weighted by Gasteiger charge is 2.33. The maximum absolute atomic E-state index is 12.0. The lowest BCUT2D eigenvalue weighted by molar-refractivity contribution is 0.0698. The van der Waals surface area contributed by atoms with Gasteiger partial charge in [0.05, 0.1) is 11.3 Å². The van der Waals surface area contributed by atoms with Crippen molar-refractivity contribution in [2.24, 2.45) is 0 Å². The molecule has 0 aromatic heterocycles. The fourth-order valence-electron chi connectivity index (χ4n) is 2.66. The molecular formula is C15H20N2O3S. The van der Waals surface area contributed by atoms with Gasteiger partial charge in [-0.1, -0.05) is 25.0 Å². The Labute approximate surface area is 128 Å². The zero-order valence-electron chi connectivity index (χ0n) is 12.0. The molecule has 0 bridgehead atoms. The van der Waals surface area contributed by atoms with Gasteiger partial charge in [-0.2, -0.15) is 11.8 Å². The van der Waals surface area contributed by atoms with Crippen molar-refractivity contribution in [1.29, 1.82) is 0 Å². The van der Waals surface area contributed by atoms with Gasteiger partial charge in [0.25, 0.3) is 0 Å². The maximum Gasteiger partial charge on any atom is 0.337 e. The first kappa shape index (κ1) is 15.7. The van der Waals surface area contributed by atoms with Crippen LogP contribution >= 0.6 is 11.8 Å². The molecule has 0 spiro atoms. The van der Waals surface area contributed by atoms with Crippen LogP contribution in [0.2, 0.25) is 0 Å². The summed E-state index contributed by atoms with van der Waals surface area (Å²) in [7, 11) is 0. The number of aromatic carboxylic acids is 1. The van der Waals surface area contributed by atoms with Crippen molar-refractivity contribution in [3.63, 3.8) is 0 Å². The van der Waals surface area contributed by atoms with E-state index in [1.807, 2.05) is 0 Å². The monoisotopic (exact) mass is 308 g/mol. The lowest BCUT2D eigenvalue weighted by atomic mass is 10.1. The number of carboxylic acids is 1. The summed E-state index contributed by atoms with van der Waals surface area (Å²) in [4.78, 5) is 23.1. The molecule has 0 radical (unpaired) electrons. The minimum absolute atomic E-state index is 0.0908. The van der Waals surface area contributed by atoms with Crippen LogP contribution in [-0.4, -0.2) is 34.7 Å². The number of nitrogens with one attached hydrogen (secondary N) is 2. The summed E-state index contributed by atoms with van der Waals surface area (Å²) in [6.07, 6.45) is 6.70. The molecular weight excluding hydrogens is 288 g/mol. The number of benzene rings is 1. The molecule has 0 aliphatic heterocycles. The van der Waals surface area contributed by atoms with E-state index in [4.69, 9.17) is 5.11 Å². The van der Waals surface area contributed by atoms with Crippen LogP contribution in [0.25, 0.3) is 0 Å². The van der Waals surface area contributed by atoms with Gasteiger partial charge < -0.3 is 15.7 Å². The molecule has 0 saturated heterocycles. The third-order valence-corrected chi connectivity index (χ3v) is 5.34. The van der Waals surface area contributed by atoms with Gasteiger partial charge in [-0.3, -0.25) is 0 Å². The van der Waals surface area contributed by atoms with Crippen molar-refractivity contribution in [3.05, 3.63) is 29.8 Å². The summed E-state index contributed by atoms with van der Waals surface area (Å²) >= 11 is 1.80. The summed E-state index contributed by atoms with van der Waals surface area (Å²) < 4.78 is 0.129.